The third kappa shape index (κ3) is 4.00. The summed E-state index contributed by atoms with van der Waals surface area (Å²) in [5, 5.41) is 0. The van der Waals surface area contributed by atoms with E-state index in [0.717, 1.165) is 4.47 Å². The SMILES string of the molecule is CCOC(=O)C1CCN(C(=O)CN2C(=O)COc3cc(Br)ccc32)CC1. The van der Waals surface area contributed by atoms with Gasteiger partial charge in [0.2, 0.25) is 5.91 Å². The van der Waals surface area contributed by atoms with E-state index in [1.807, 2.05) is 6.07 Å². The molecule has 1 saturated heterocycles. The second-order valence-electron chi connectivity index (χ2n) is 6.29. The molecule has 1 fully saturated rings. The number of esters is 1. The highest BCUT2D eigenvalue weighted by Crippen LogP contribution is 2.34. The van der Waals surface area contributed by atoms with Gasteiger partial charge in [-0.3, -0.25) is 19.3 Å². The van der Waals surface area contributed by atoms with Crippen LogP contribution in [0.4, 0.5) is 5.69 Å². The predicted octanol–water partition coefficient (Wildman–Crippen LogP) is 1.98. The van der Waals surface area contributed by atoms with Crippen LogP contribution in [0.1, 0.15) is 19.8 Å². The smallest absolute Gasteiger partial charge is 0.309 e. The number of anilines is 1. The van der Waals surface area contributed by atoms with E-state index in [2.05, 4.69) is 15.9 Å². The number of halogens is 1. The van der Waals surface area contributed by atoms with Crippen LogP contribution in [0.15, 0.2) is 22.7 Å². The van der Waals surface area contributed by atoms with Crippen molar-refractivity contribution in [2.75, 3.05) is 37.7 Å². The molecule has 3 rings (SSSR count). The molecule has 26 heavy (non-hydrogen) atoms. The number of likely N-dealkylation sites (tertiary alicyclic amines) is 1. The first-order chi connectivity index (χ1) is 12.5. The molecule has 0 unspecified atom stereocenters. The molecule has 1 aromatic rings. The fourth-order valence-electron chi connectivity index (χ4n) is 3.21. The molecule has 2 heterocycles. The molecular weight excluding hydrogens is 404 g/mol. The second kappa shape index (κ2) is 8.07. The lowest BCUT2D eigenvalue weighted by atomic mass is 9.97. The quantitative estimate of drug-likeness (QED) is 0.690. The van der Waals surface area contributed by atoms with E-state index < -0.39 is 0 Å². The molecule has 0 spiro atoms. The van der Waals surface area contributed by atoms with Crippen LogP contribution < -0.4 is 9.64 Å². The fraction of sp³-hybridized carbons (Fsp3) is 0.500. The number of hydrogen-bond donors (Lipinski definition) is 0. The number of ether oxygens (including phenoxy) is 2. The van der Waals surface area contributed by atoms with Crippen LogP contribution >= 0.6 is 15.9 Å². The van der Waals surface area contributed by atoms with Gasteiger partial charge in [0.15, 0.2) is 6.61 Å². The van der Waals surface area contributed by atoms with E-state index in [4.69, 9.17) is 9.47 Å². The Morgan fingerprint density at radius 1 is 1.31 bits per heavy atom. The van der Waals surface area contributed by atoms with Gasteiger partial charge in [-0.2, -0.15) is 0 Å². The first-order valence-corrected chi connectivity index (χ1v) is 9.46. The zero-order valence-corrected chi connectivity index (χ0v) is 16.2. The molecule has 0 aromatic heterocycles. The maximum atomic E-state index is 12.7. The van der Waals surface area contributed by atoms with Gasteiger partial charge >= 0.3 is 5.97 Å². The van der Waals surface area contributed by atoms with Crippen molar-refractivity contribution in [3.63, 3.8) is 0 Å². The van der Waals surface area contributed by atoms with E-state index in [1.165, 1.54) is 4.90 Å². The molecule has 0 atom stereocenters. The number of carbonyl (C=O) groups excluding carboxylic acids is 3. The summed E-state index contributed by atoms with van der Waals surface area (Å²) < 4.78 is 11.3. The van der Waals surface area contributed by atoms with Gasteiger partial charge in [-0.15, -0.1) is 0 Å². The lowest BCUT2D eigenvalue weighted by Crippen LogP contribution is -2.48. The summed E-state index contributed by atoms with van der Waals surface area (Å²) in [7, 11) is 0. The Balaban J connectivity index is 1.62. The minimum Gasteiger partial charge on any atom is -0.482 e. The molecule has 8 heteroatoms. The Hall–Kier alpha value is -2.09. The van der Waals surface area contributed by atoms with E-state index >= 15 is 0 Å². The number of hydrogen-bond acceptors (Lipinski definition) is 5. The van der Waals surface area contributed by atoms with Crippen molar-refractivity contribution in [2.45, 2.75) is 19.8 Å². The van der Waals surface area contributed by atoms with E-state index in [9.17, 15) is 14.4 Å². The van der Waals surface area contributed by atoms with Gasteiger partial charge in [0.1, 0.15) is 12.3 Å². The van der Waals surface area contributed by atoms with Crippen molar-refractivity contribution in [1.29, 1.82) is 0 Å². The number of fused-ring (bicyclic) bond motifs is 1. The number of rotatable bonds is 4. The molecular formula is C18H21BrN2O5. The summed E-state index contributed by atoms with van der Waals surface area (Å²) >= 11 is 3.37. The molecule has 1 aromatic carbocycles. The number of piperidine rings is 1. The molecule has 0 N–H and O–H groups in total. The fourth-order valence-corrected chi connectivity index (χ4v) is 3.55. The average Bonchev–Trinajstić information content (AvgIpc) is 2.64. The first kappa shape index (κ1) is 18.7. The van der Waals surface area contributed by atoms with Crippen molar-refractivity contribution < 1.29 is 23.9 Å². The standard InChI is InChI=1S/C18H21BrN2O5/c1-2-25-18(24)12-5-7-20(8-6-12)16(22)10-21-14-4-3-13(19)9-15(14)26-11-17(21)23/h3-4,9,12H,2,5-8,10-11H2,1H3. The number of amides is 2. The minimum atomic E-state index is -0.241. The highest BCUT2D eigenvalue weighted by Gasteiger charge is 2.32. The topological polar surface area (TPSA) is 76.2 Å². The second-order valence-corrected chi connectivity index (χ2v) is 7.20. The maximum absolute atomic E-state index is 12.7. The van der Waals surface area contributed by atoms with E-state index in [-0.39, 0.29) is 36.9 Å². The largest absolute Gasteiger partial charge is 0.482 e. The maximum Gasteiger partial charge on any atom is 0.309 e. The van der Waals surface area contributed by atoms with Gasteiger partial charge in [0.25, 0.3) is 5.91 Å². The minimum absolute atomic E-state index is 0.0269. The zero-order chi connectivity index (χ0) is 18.7. The van der Waals surface area contributed by atoms with Gasteiger partial charge in [-0.25, -0.2) is 0 Å². The highest BCUT2D eigenvalue weighted by molar-refractivity contribution is 9.10. The van der Waals surface area contributed by atoms with Gasteiger partial charge in [-0.1, -0.05) is 15.9 Å². The Labute approximate surface area is 160 Å². The van der Waals surface area contributed by atoms with Crippen LogP contribution in [-0.2, 0) is 19.1 Å². The van der Waals surface area contributed by atoms with Gasteiger partial charge < -0.3 is 14.4 Å². The third-order valence-corrected chi connectivity index (χ3v) is 5.12. The van der Waals surface area contributed by atoms with Crippen molar-refractivity contribution in [1.82, 2.24) is 4.90 Å². The van der Waals surface area contributed by atoms with Gasteiger partial charge in [-0.05, 0) is 38.0 Å². The number of benzene rings is 1. The zero-order valence-electron chi connectivity index (χ0n) is 14.6. The molecule has 0 aliphatic carbocycles. The molecule has 7 nitrogen and oxygen atoms in total. The van der Waals surface area contributed by atoms with Crippen LogP contribution in [-0.4, -0.2) is 55.5 Å². The Kier molecular flexibility index (Phi) is 5.80. The van der Waals surface area contributed by atoms with Crippen LogP contribution in [0.2, 0.25) is 0 Å². The first-order valence-electron chi connectivity index (χ1n) is 8.66. The van der Waals surface area contributed by atoms with Crippen molar-refractivity contribution in [3.8, 4) is 5.75 Å². The summed E-state index contributed by atoms with van der Waals surface area (Å²) in [5.41, 5.74) is 0.596. The summed E-state index contributed by atoms with van der Waals surface area (Å²) in [4.78, 5) is 39.9. The molecule has 0 bridgehead atoms. The Morgan fingerprint density at radius 2 is 2.04 bits per heavy atom. The molecule has 2 amide bonds. The van der Waals surface area contributed by atoms with Crippen LogP contribution in [0.5, 0.6) is 5.75 Å². The molecule has 2 aliphatic heterocycles. The highest BCUT2D eigenvalue weighted by atomic mass is 79.9. The lowest BCUT2D eigenvalue weighted by molar-refractivity contribution is -0.151. The van der Waals surface area contributed by atoms with Crippen molar-refractivity contribution in [2.24, 2.45) is 5.92 Å². The molecule has 0 saturated carbocycles. The summed E-state index contributed by atoms with van der Waals surface area (Å²) in [6.07, 6.45) is 1.18. The van der Waals surface area contributed by atoms with Crippen molar-refractivity contribution >= 4 is 39.4 Å². The average molecular weight is 425 g/mol. The Bertz CT molecular complexity index is 716. The number of nitrogens with zero attached hydrogens (tertiary/aromatic N) is 2. The summed E-state index contributed by atoms with van der Waals surface area (Å²) in [6, 6.07) is 5.35. The normalized spacial score (nSPS) is 17.5. The third-order valence-electron chi connectivity index (χ3n) is 4.63. The summed E-state index contributed by atoms with van der Waals surface area (Å²) in [5.74, 6) is -0.136. The van der Waals surface area contributed by atoms with Crippen LogP contribution in [0.3, 0.4) is 0 Å². The summed E-state index contributed by atoms with van der Waals surface area (Å²) in [6.45, 7) is 3.03. The molecule has 2 aliphatic rings. The molecule has 0 radical (unpaired) electrons. The Morgan fingerprint density at radius 3 is 2.73 bits per heavy atom. The lowest BCUT2D eigenvalue weighted by Gasteiger charge is -2.34. The van der Waals surface area contributed by atoms with Crippen molar-refractivity contribution in [3.05, 3.63) is 22.7 Å². The van der Waals surface area contributed by atoms with Gasteiger partial charge in [0.05, 0.1) is 18.2 Å². The van der Waals surface area contributed by atoms with Crippen LogP contribution in [0.25, 0.3) is 0 Å². The van der Waals surface area contributed by atoms with E-state index in [1.54, 1.807) is 24.0 Å². The van der Waals surface area contributed by atoms with E-state index in [0.29, 0.717) is 44.0 Å². The van der Waals surface area contributed by atoms with Gasteiger partial charge in [0, 0.05) is 17.6 Å². The van der Waals surface area contributed by atoms with Crippen LogP contribution in [0, 0.1) is 5.92 Å². The molecule has 140 valence electrons. The monoisotopic (exact) mass is 424 g/mol. The number of carbonyl (C=O) groups is 3. The predicted molar refractivity (Wildman–Crippen MR) is 97.9 cm³/mol.